The summed E-state index contributed by atoms with van der Waals surface area (Å²) in [5.41, 5.74) is 3.63. The second kappa shape index (κ2) is 9.81. The number of nitrogens with zero attached hydrogens (tertiary/aromatic N) is 1. The van der Waals surface area contributed by atoms with Gasteiger partial charge in [-0.25, -0.2) is 4.90 Å². The summed E-state index contributed by atoms with van der Waals surface area (Å²) in [4.78, 5) is 44.4. The Morgan fingerprint density at radius 3 is 2.24 bits per heavy atom. The van der Waals surface area contributed by atoms with E-state index in [1.54, 1.807) is 31.4 Å². The zero-order valence-electron chi connectivity index (χ0n) is 20.7. The number of carbonyl (C=O) groups is 2. The molecule has 1 fully saturated rings. The first-order valence-corrected chi connectivity index (χ1v) is 13.8. The van der Waals surface area contributed by atoms with Crippen molar-refractivity contribution >= 4 is 40.6 Å². The first-order valence-electron chi connectivity index (χ1n) is 12.1. The molecular weight excluding hydrogens is 520 g/mol. The van der Waals surface area contributed by atoms with Gasteiger partial charge in [-0.2, -0.15) is 0 Å². The molecule has 2 aliphatic rings. The quantitative estimate of drug-likeness (QED) is 0.339. The van der Waals surface area contributed by atoms with Gasteiger partial charge in [0.2, 0.25) is 11.8 Å². The lowest BCUT2D eigenvalue weighted by atomic mass is 9.83. The normalized spacial score (nSPS) is 20.3. The van der Waals surface area contributed by atoms with Gasteiger partial charge in [0.15, 0.2) is 0 Å². The topological polar surface area (TPSA) is 88.7 Å². The molecule has 3 aromatic carbocycles. The number of nitrogens with one attached hydrogen (secondary N) is 1. The van der Waals surface area contributed by atoms with Crippen LogP contribution in [0, 0.1) is 12.8 Å². The molecule has 1 aromatic heterocycles. The second-order valence-corrected chi connectivity index (χ2v) is 11.5. The molecule has 3 atom stereocenters. The van der Waals surface area contributed by atoms with Crippen LogP contribution < -0.4 is 19.2 Å². The number of fused-ring (bicyclic) bond motifs is 2. The number of imide groups is 1. The van der Waals surface area contributed by atoms with E-state index in [1.165, 1.54) is 22.2 Å². The van der Waals surface area contributed by atoms with E-state index in [-0.39, 0.29) is 16.7 Å². The highest BCUT2D eigenvalue weighted by Gasteiger charge is 2.56. The minimum Gasteiger partial charge on any atom is -0.497 e. The number of anilines is 1. The van der Waals surface area contributed by atoms with Crippen molar-refractivity contribution in [3.8, 4) is 11.5 Å². The monoisotopic (exact) mass is 544 g/mol. The summed E-state index contributed by atoms with van der Waals surface area (Å²) in [6.45, 7) is 2.49. The van der Waals surface area contributed by atoms with Gasteiger partial charge in [-0.1, -0.05) is 65.1 Å². The van der Waals surface area contributed by atoms with Crippen LogP contribution in [0.5, 0.6) is 11.5 Å². The Kier molecular flexibility index (Phi) is 6.33. The van der Waals surface area contributed by atoms with Crippen molar-refractivity contribution in [1.29, 1.82) is 0 Å². The maximum absolute atomic E-state index is 13.8. The van der Waals surface area contributed by atoms with Gasteiger partial charge in [-0.15, -0.1) is 0 Å². The van der Waals surface area contributed by atoms with E-state index in [0.29, 0.717) is 28.8 Å². The van der Waals surface area contributed by atoms with Crippen molar-refractivity contribution in [2.45, 2.75) is 29.7 Å². The van der Waals surface area contributed by atoms with Crippen LogP contribution in [0.4, 0.5) is 5.69 Å². The van der Waals surface area contributed by atoms with E-state index in [1.807, 2.05) is 55.5 Å². The molecule has 0 radical (unpaired) electrons. The molecular formula is C29H24N2O5S2. The Balaban J connectivity index is 1.31. The summed E-state index contributed by atoms with van der Waals surface area (Å²) >= 11 is 2.37. The van der Waals surface area contributed by atoms with Gasteiger partial charge in [-0.05, 0) is 54.4 Å². The molecule has 3 heterocycles. The number of carbonyl (C=O) groups excluding carboxylic acids is 2. The number of H-pyrrole nitrogens is 1. The lowest BCUT2D eigenvalue weighted by Gasteiger charge is -2.29. The molecule has 2 amide bonds. The first kappa shape index (κ1) is 24.5. The maximum Gasteiger partial charge on any atom is 0.305 e. The third kappa shape index (κ3) is 4.31. The van der Waals surface area contributed by atoms with E-state index in [2.05, 4.69) is 4.98 Å². The number of thiazole rings is 1. The highest BCUT2D eigenvalue weighted by atomic mass is 32.2. The van der Waals surface area contributed by atoms with Crippen molar-refractivity contribution in [1.82, 2.24) is 4.98 Å². The van der Waals surface area contributed by atoms with E-state index in [0.717, 1.165) is 27.3 Å². The van der Waals surface area contributed by atoms with E-state index >= 15 is 0 Å². The summed E-state index contributed by atoms with van der Waals surface area (Å²) in [7, 11) is 1.56. The lowest BCUT2D eigenvalue weighted by molar-refractivity contribution is -0.122. The van der Waals surface area contributed by atoms with Crippen molar-refractivity contribution in [2.24, 2.45) is 5.92 Å². The number of hydrogen-bond acceptors (Lipinski definition) is 7. The lowest BCUT2D eigenvalue weighted by Crippen LogP contribution is -2.32. The Morgan fingerprint density at radius 2 is 1.55 bits per heavy atom. The fourth-order valence-corrected chi connectivity index (χ4v) is 7.50. The average molecular weight is 545 g/mol. The number of aromatic nitrogens is 1. The molecule has 0 saturated carbocycles. The number of rotatable bonds is 6. The minimum atomic E-state index is -0.634. The Hall–Kier alpha value is -3.82. The van der Waals surface area contributed by atoms with Crippen LogP contribution in [0.2, 0.25) is 0 Å². The predicted octanol–water partition coefficient (Wildman–Crippen LogP) is 5.13. The van der Waals surface area contributed by atoms with Crippen LogP contribution in [0.25, 0.3) is 0 Å². The molecule has 4 aromatic rings. The summed E-state index contributed by atoms with van der Waals surface area (Å²) in [6.07, 6.45) is 0. The molecule has 1 saturated heterocycles. The molecule has 0 bridgehead atoms. The molecule has 7 nitrogen and oxygen atoms in total. The van der Waals surface area contributed by atoms with E-state index in [9.17, 15) is 14.4 Å². The molecule has 2 unspecified atom stereocenters. The molecule has 0 spiro atoms. The third-order valence-corrected chi connectivity index (χ3v) is 9.32. The van der Waals surface area contributed by atoms with Gasteiger partial charge in [0.1, 0.15) is 23.4 Å². The first-order chi connectivity index (χ1) is 18.4. The molecule has 0 aliphatic carbocycles. The molecule has 9 heteroatoms. The number of amides is 2. The SMILES string of the molecule is COc1ccc(N2C(=O)C3Sc4[nH]c(=O)sc4[C@H](c4ccc(OCc5ccc(C)cc5)cc4)C3C2=O)cc1. The molecule has 6 rings (SSSR count). The van der Waals surface area contributed by atoms with Crippen molar-refractivity contribution in [3.63, 3.8) is 0 Å². The number of ether oxygens (including phenoxy) is 2. The Labute approximate surface area is 227 Å². The summed E-state index contributed by atoms with van der Waals surface area (Å²) in [5, 5.41) is 0.0218. The fourth-order valence-electron chi connectivity index (χ4n) is 4.98. The van der Waals surface area contributed by atoms with Gasteiger partial charge >= 0.3 is 4.87 Å². The van der Waals surface area contributed by atoms with Crippen LogP contribution in [-0.4, -0.2) is 29.2 Å². The number of hydrogen-bond donors (Lipinski definition) is 1. The molecule has 1 N–H and O–H groups in total. The highest BCUT2D eigenvalue weighted by molar-refractivity contribution is 8.00. The molecule has 192 valence electrons. The molecule has 38 heavy (non-hydrogen) atoms. The van der Waals surface area contributed by atoms with Crippen molar-refractivity contribution < 1.29 is 19.1 Å². The number of methoxy groups -OCH3 is 1. The smallest absolute Gasteiger partial charge is 0.305 e. The number of aryl methyl sites for hydroxylation is 1. The van der Waals surface area contributed by atoms with Crippen LogP contribution in [0.3, 0.4) is 0 Å². The predicted molar refractivity (Wildman–Crippen MR) is 147 cm³/mol. The van der Waals surface area contributed by atoms with Gasteiger partial charge in [0.25, 0.3) is 0 Å². The minimum absolute atomic E-state index is 0.197. The fraction of sp³-hybridized carbons (Fsp3) is 0.207. The maximum atomic E-state index is 13.8. The molecule has 2 aliphatic heterocycles. The van der Waals surface area contributed by atoms with Crippen molar-refractivity contribution in [2.75, 3.05) is 12.0 Å². The second-order valence-electron chi connectivity index (χ2n) is 9.30. The van der Waals surface area contributed by atoms with Gasteiger partial charge < -0.3 is 14.5 Å². The van der Waals surface area contributed by atoms with Gasteiger partial charge in [0.05, 0.1) is 23.7 Å². The van der Waals surface area contributed by atoms with Crippen LogP contribution in [0.1, 0.15) is 27.5 Å². The zero-order valence-corrected chi connectivity index (χ0v) is 22.3. The largest absolute Gasteiger partial charge is 0.497 e. The van der Waals surface area contributed by atoms with E-state index < -0.39 is 17.1 Å². The van der Waals surface area contributed by atoms with Crippen LogP contribution in [0.15, 0.2) is 82.6 Å². The van der Waals surface area contributed by atoms with E-state index in [4.69, 9.17) is 9.47 Å². The van der Waals surface area contributed by atoms with Crippen LogP contribution in [-0.2, 0) is 16.2 Å². The number of thioether (sulfide) groups is 1. The summed E-state index contributed by atoms with van der Waals surface area (Å²) in [5.74, 6) is -0.266. The van der Waals surface area contributed by atoms with Crippen molar-refractivity contribution in [3.05, 3.63) is 104 Å². The summed E-state index contributed by atoms with van der Waals surface area (Å²) in [6, 6.07) is 22.6. The Morgan fingerprint density at radius 1 is 0.868 bits per heavy atom. The standard InChI is InChI=1S/C29H24N2O5S2/c1-16-3-5-17(6-4-16)15-36-21-11-7-18(8-12-21)22-23-25(37-26-24(22)38-29(34)30-26)28(33)31(27(23)32)19-9-13-20(35-2)14-10-19/h3-14,22-23,25H,15H2,1-2H3,(H,30,34)/t22-,23?,25?/m1/s1. The zero-order chi connectivity index (χ0) is 26.4. The van der Waals surface area contributed by atoms with Gasteiger partial charge in [0, 0.05) is 10.8 Å². The van der Waals surface area contributed by atoms with Crippen LogP contribution >= 0.6 is 23.1 Å². The number of benzene rings is 3. The average Bonchev–Trinajstić information content (AvgIpc) is 3.43. The number of aromatic amines is 1. The Bertz CT molecular complexity index is 1560. The summed E-state index contributed by atoms with van der Waals surface area (Å²) < 4.78 is 11.2. The van der Waals surface area contributed by atoms with Gasteiger partial charge in [-0.3, -0.25) is 14.4 Å². The highest BCUT2D eigenvalue weighted by Crippen LogP contribution is 2.53. The third-order valence-electron chi connectivity index (χ3n) is 6.92.